The minimum atomic E-state index is -2.65. The average molecular weight is 264 g/mol. The predicted octanol–water partition coefficient (Wildman–Crippen LogP) is 3.17. The Morgan fingerprint density at radius 1 is 1.50 bits per heavy atom. The van der Waals surface area contributed by atoms with Crippen LogP contribution in [0.5, 0.6) is 0 Å². The third-order valence-corrected chi connectivity index (χ3v) is 2.44. The lowest BCUT2D eigenvalue weighted by Crippen LogP contribution is -2.01. The zero-order chi connectivity index (χ0) is 10.9. The minimum Gasteiger partial charge on any atom is -0.398 e. The summed E-state index contributed by atoms with van der Waals surface area (Å²) >= 11 is 2.95. The third-order valence-electron chi connectivity index (χ3n) is 1.79. The standard InChI is InChI=1S/C9H8BrF2NO/c1-4(14)5-2-6(10)8(9(11)12)7(13)3-5/h2-3,9H,13H2,1H3. The van der Waals surface area contributed by atoms with E-state index in [-0.39, 0.29) is 21.5 Å². The van der Waals surface area contributed by atoms with E-state index in [1.165, 1.54) is 19.1 Å². The van der Waals surface area contributed by atoms with Gasteiger partial charge in [-0.2, -0.15) is 0 Å². The molecule has 0 aliphatic carbocycles. The quantitative estimate of drug-likeness (QED) is 0.658. The molecule has 0 aliphatic rings. The van der Waals surface area contributed by atoms with E-state index >= 15 is 0 Å². The highest BCUT2D eigenvalue weighted by atomic mass is 79.9. The maximum absolute atomic E-state index is 12.4. The molecule has 0 aliphatic heterocycles. The SMILES string of the molecule is CC(=O)c1cc(N)c(C(F)F)c(Br)c1. The maximum Gasteiger partial charge on any atom is 0.266 e. The topological polar surface area (TPSA) is 43.1 Å². The molecule has 0 radical (unpaired) electrons. The predicted molar refractivity (Wildman–Crippen MR) is 53.5 cm³/mol. The Hall–Kier alpha value is -0.970. The monoisotopic (exact) mass is 263 g/mol. The van der Waals surface area contributed by atoms with Crippen LogP contribution in [0.1, 0.15) is 29.3 Å². The van der Waals surface area contributed by atoms with Crippen LogP contribution in [0.15, 0.2) is 16.6 Å². The molecule has 0 amide bonds. The molecule has 0 unspecified atom stereocenters. The molecule has 14 heavy (non-hydrogen) atoms. The van der Waals surface area contributed by atoms with Crippen molar-refractivity contribution in [3.63, 3.8) is 0 Å². The first kappa shape index (κ1) is 11.1. The molecule has 0 saturated heterocycles. The highest BCUT2D eigenvalue weighted by molar-refractivity contribution is 9.10. The molecule has 0 spiro atoms. The van der Waals surface area contributed by atoms with Crippen molar-refractivity contribution in [2.75, 3.05) is 5.73 Å². The summed E-state index contributed by atoms with van der Waals surface area (Å²) in [5.41, 5.74) is 5.38. The summed E-state index contributed by atoms with van der Waals surface area (Å²) in [7, 11) is 0. The van der Waals surface area contributed by atoms with Gasteiger partial charge in [-0.15, -0.1) is 0 Å². The Balaban J connectivity index is 3.32. The summed E-state index contributed by atoms with van der Waals surface area (Å²) < 4.78 is 25.0. The molecule has 0 saturated carbocycles. The van der Waals surface area contributed by atoms with E-state index in [0.29, 0.717) is 5.56 Å². The molecule has 0 bridgehead atoms. The van der Waals surface area contributed by atoms with Crippen LogP contribution in [0.4, 0.5) is 14.5 Å². The number of ketones is 1. The zero-order valence-electron chi connectivity index (χ0n) is 7.35. The van der Waals surface area contributed by atoms with Crippen molar-refractivity contribution in [2.24, 2.45) is 0 Å². The van der Waals surface area contributed by atoms with Gasteiger partial charge in [-0.05, 0) is 19.1 Å². The number of rotatable bonds is 2. The molecule has 0 fully saturated rings. The van der Waals surface area contributed by atoms with Gasteiger partial charge in [0.2, 0.25) is 0 Å². The van der Waals surface area contributed by atoms with E-state index < -0.39 is 6.43 Å². The lowest BCUT2D eigenvalue weighted by atomic mass is 10.1. The summed E-state index contributed by atoms with van der Waals surface area (Å²) in [6.07, 6.45) is -2.65. The van der Waals surface area contributed by atoms with Gasteiger partial charge in [-0.25, -0.2) is 8.78 Å². The maximum atomic E-state index is 12.4. The van der Waals surface area contributed by atoms with Gasteiger partial charge in [0.25, 0.3) is 6.43 Å². The number of nitrogens with two attached hydrogens (primary N) is 1. The van der Waals surface area contributed by atoms with Gasteiger partial charge >= 0.3 is 0 Å². The molecule has 0 aromatic heterocycles. The van der Waals surface area contributed by atoms with Crippen LogP contribution in [0.2, 0.25) is 0 Å². The normalized spacial score (nSPS) is 10.6. The number of alkyl halides is 2. The first-order chi connectivity index (χ1) is 6.43. The first-order valence-corrected chi connectivity index (χ1v) is 4.60. The number of carbonyl (C=O) groups excluding carboxylic acids is 1. The first-order valence-electron chi connectivity index (χ1n) is 3.81. The van der Waals surface area contributed by atoms with Crippen LogP contribution >= 0.6 is 15.9 Å². The van der Waals surface area contributed by atoms with Crippen LogP contribution in [-0.4, -0.2) is 5.78 Å². The largest absolute Gasteiger partial charge is 0.398 e. The van der Waals surface area contributed by atoms with Crippen molar-refractivity contribution in [1.29, 1.82) is 0 Å². The highest BCUT2D eigenvalue weighted by Crippen LogP contribution is 2.33. The molecule has 1 rings (SSSR count). The molecule has 2 nitrogen and oxygen atoms in total. The number of halogens is 3. The highest BCUT2D eigenvalue weighted by Gasteiger charge is 2.17. The molecule has 0 atom stereocenters. The molecule has 1 aromatic rings. The lowest BCUT2D eigenvalue weighted by molar-refractivity contribution is 0.101. The molecule has 1 aromatic carbocycles. The number of carbonyl (C=O) groups is 1. The molecule has 0 heterocycles. The third kappa shape index (κ3) is 2.09. The van der Waals surface area contributed by atoms with Gasteiger partial charge in [-0.3, -0.25) is 4.79 Å². The Morgan fingerprint density at radius 3 is 2.43 bits per heavy atom. The second kappa shape index (κ2) is 4.04. The van der Waals surface area contributed by atoms with Crippen molar-refractivity contribution in [1.82, 2.24) is 0 Å². The van der Waals surface area contributed by atoms with Crippen LogP contribution in [-0.2, 0) is 0 Å². The Bertz CT molecular complexity index is 356. The van der Waals surface area contributed by atoms with E-state index in [9.17, 15) is 13.6 Å². The Kier molecular flexibility index (Phi) is 3.21. The van der Waals surface area contributed by atoms with E-state index in [1.54, 1.807) is 0 Å². The fourth-order valence-corrected chi connectivity index (χ4v) is 1.72. The van der Waals surface area contributed by atoms with Gasteiger partial charge < -0.3 is 5.73 Å². The van der Waals surface area contributed by atoms with Crippen molar-refractivity contribution in [3.8, 4) is 0 Å². The molecular weight excluding hydrogens is 256 g/mol. The number of nitrogen functional groups attached to an aromatic ring is 1. The van der Waals surface area contributed by atoms with Crippen LogP contribution in [0.25, 0.3) is 0 Å². The smallest absolute Gasteiger partial charge is 0.266 e. The number of anilines is 1. The second-order valence-corrected chi connectivity index (χ2v) is 3.67. The van der Waals surface area contributed by atoms with Crippen molar-refractivity contribution >= 4 is 27.4 Å². The van der Waals surface area contributed by atoms with E-state index in [2.05, 4.69) is 15.9 Å². The molecule has 2 N–H and O–H groups in total. The van der Waals surface area contributed by atoms with Crippen LogP contribution in [0, 0.1) is 0 Å². The summed E-state index contributed by atoms with van der Waals surface area (Å²) in [6.45, 7) is 1.35. The second-order valence-electron chi connectivity index (χ2n) is 2.82. The number of benzene rings is 1. The van der Waals surface area contributed by atoms with Crippen molar-refractivity contribution < 1.29 is 13.6 Å². The number of hydrogen-bond acceptors (Lipinski definition) is 2. The van der Waals surface area contributed by atoms with E-state index in [0.717, 1.165) is 0 Å². The van der Waals surface area contributed by atoms with Crippen LogP contribution in [0.3, 0.4) is 0 Å². The van der Waals surface area contributed by atoms with E-state index in [1.807, 2.05) is 0 Å². The molecular formula is C9H8BrF2NO. The van der Waals surface area contributed by atoms with Crippen LogP contribution < -0.4 is 5.73 Å². The molecule has 5 heteroatoms. The fourth-order valence-electron chi connectivity index (χ4n) is 1.07. The van der Waals surface area contributed by atoms with Gasteiger partial charge in [0, 0.05) is 15.7 Å². The fraction of sp³-hybridized carbons (Fsp3) is 0.222. The summed E-state index contributed by atoms with van der Waals surface area (Å²) in [4.78, 5) is 11.0. The zero-order valence-corrected chi connectivity index (χ0v) is 8.94. The van der Waals surface area contributed by atoms with Gasteiger partial charge in [0.05, 0.1) is 5.56 Å². The molecule has 76 valence electrons. The van der Waals surface area contributed by atoms with Gasteiger partial charge in [0.15, 0.2) is 5.78 Å². The number of hydrogen-bond donors (Lipinski definition) is 1. The van der Waals surface area contributed by atoms with Gasteiger partial charge in [0.1, 0.15) is 0 Å². The summed E-state index contributed by atoms with van der Waals surface area (Å²) in [5, 5.41) is 0. The van der Waals surface area contributed by atoms with Gasteiger partial charge in [-0.1, -0.05) is 15.9 Å². The Morgan fingerprint density at radius 2 is 2.07 bits per heavy atom. The summed E-state index contributed by atoms with van der Waals surface area (Å²) in [6, 6.07) is 2.61. The Labute approximate surface area is 88.2 Å². The lowest BCUT2D eigenvalue weighted by Gasteiger charge is -2.08. The van der Waals surface area contributed by atoms with Crippen molar-refractivity contribution in [3.05, 3.63) is 27.7 Å². The number of Topliss-reactive ketones (excluding diaryl/α,β-unsaturated/α-hetero) is 1. The van der Waals surface area contributed by atoms with E-state index in [4.69, 9.17) is 5.73 Å². The average Bonchev–Trinajstić information content (AvgIpc) is 2.01. The summed E-state index contributed by atoms with van der Waals surface area (Å²) in [5.74, 6) is -0.210. The van der Waals surface area contributed by atoms with Crippen molar-refractivity contribution in [2.45, 2.75) is 13.3 Å². The minimum absolute atomic E-state index is 0.0698.